The molecule has 2 N–H and O–H groups in total. The second-order valence-corrected chi connectivity index (χ2v) is 6.78. The van der Waals surface area contributed by atoms with Gasteiger partial charge in [-0.15, -0.1) is 0 Å². The molecule has 0 aromatic rings. The molecular weight excluding hydrogens is 212 g/mol. The summed E-state index contributed by atoms with van der Waals surface area (Å²) in [7, 11) is 0. The molecule has 0 saturated carbocycles. The molecule has 1 unspecified atom stereocenters. The fourth-order valence-corrected chi connectivity index (χ4v) is 3.70. The quantitative estimate of drug-likeness (QED) is 0.726. The second-order valence-electron chi connectivity index (χ2n) is 6.78. The van der Waals surface area contributed by atoms with Crippen molar-refractivity contribution < 1.29 is 10.2 Å². The zero-order valence-corrected chi connectivity index (χ0v) is 11.4. The van der Waals surface area contributed by atoms with E-state index >= 15 is 0 Å². The Bertz CT molecular complexity index is 324. The van der Waals surface area contributed by atoms with Crippen molar-refractivity contribution in [3.05, 3.63) is 11.1 Å². The second kappa shape index (κ2) is 4.40. The van der Waals surface area contributed by atoms with E-state index in [0.29, 0.717) is 5.92 Å². The van der Waals surface area contributed by atoms with Crippen LogP contribution in [0, 0.1) is 16.7 Å². The molecule has 2 aliphatic rings. The van der Waals surface area contributed by atoms with Gasteiger partial charge in [0.1, 0.15) is 0 Å². The molecule has 98 valence electrons. The Morgan fingerprint density at radius 1 is 1.24 bits per heavy atom. The lowest BCUT2D eigenvalue weighted by Crippen LogP contribution is -2.43. The van der Waals surface area contributed by atoms with E-state index in [1.165, 1.54) is 24.8 Å². The van der Waals surface area contributed by atoms with Crippen molar-refractivity contribution in [1.82, 2.24) is 0 Å². The third kappa shape index (κ3) is 2.06. The lowest BCUT2D eigenvalue weighted by atomic mass is 9.58. The predicted octanol–water partition coefficient (Wildman–Crippen LogP) is 2.89. The van der Waals surface area contributed by atoms with Gasteiger partial charge in [-0.2, -0.15) is 0 Å². The normalized spacial score (nSPS) is 31.2. The van der Waals surface area contributed by atoms with Crippen LogP contribution in [0.4, 0.5) is 0 Å². The van der Waals surface area contributed by atoms with Crippen molar-refractivity contribution in [3.8, 4) is 0 Å². The van der Waals surface area contributed by atoms with E-state index in [1.807, 2.05) is 0 Å². The summed E-state index contributed by atoms with van der Waals surface area (Å²) < 4.78 is 0. The van der Waals surface area contributed by atoms with Crippen molar-refractivity contribution in [1.29, 1.82) is 0 Å². The van der Waals surface area contributed by atoms with Gasteiger partial charge in [-0.05, 0) is 43.4 Å². The minimum atomic E-state index is -0.284. The zero-order valence-electron chi connectivity index (χ0n) is 11.4. The Kier molecular flexibility index (Phi) is 3.39. The summed E-state index contributed by atoms with van der Waals surface area (Å²) in [5.74, 6) is 0.394. The maximum Gasteiger partial charge on any atom is 0.0515 e. The van der Waals surface area contributed by atoms with Crippen LogP contribution >= 0.6 is 0 Å². The fourth-order valence-electron chi connectivity index (χ4n) is 3.70. The van der Waals surface area contributed by atoms with Crippen molar-refractivity contribution in [3.63, 3.8) is 0 Å². The predicted molar refractivity (Wildman–Crippen MR) is 69.7 cm³/mol. The molecule has 0 spiro atoms. The largest absolute Gasteiger partial charge is 0.396 e. The van der Waals surface area contributed by atoms with E-state index in [-0.39, 0.29) is 24.0 Å². The summed E-state index contributed by atoms with van der Waals surface area (Å²) in [6.45, 7) is 7.03. The molecule has 0 amide bonds. The number of allylic oxidation sites excluding steroid dienone is 2. The summed E-state index contributed by atoms with van der Waals surface area (Å²) in [6, 6.07) is 0. The highest BCUT2D eigenvalue weighted by atomic mass is 16.3. The highest BCUT2D eigenvalue weighted by Gasteiger charge is 2.44. The summed E-state index contributed by atoms with van der Waals surface area (Å²) >= 11 is 0. The van der Waals surface area contributed by atoms with Crippen LogP contribution in [0.5, 0.6) is 0 Å². The van der Waals surface area contributed by atoms with E-state index in [4.69, 9.17) is 0 Å². The Hall–Kier alpha value is -0.340. The standard InChI is InChI=1S/C15H26O2/c1-11-7-12-5-4-6-14(2,3)13(12)8-15(11,9-16)10-17/h11,16-17H,4-10H2,1-3H3. The number of rotatable bonds is 2. The van der Waals surface area contributed by atoms with Gasteiger partial charge in [-0.1, -0.05) is 31.9 Å². The molecule has 1 atom stereocenters. The monoisotopic (exact) mass is 238 g/mol. The molecule has 0 fully saturated rings. The first-order chi connectivity index (χ1) is 7.95. The smallest absolute Gasteiger partial charge is 0.0515 e. The SMILES string of the molecule is CC1CC2=C(CC1(CO)CO)C(C)(C)CCC2. The Labute approximate surface area is 105 Å². The zero-order chi connectivity index (χ0) is 12.7. The van der Waals surface area contributed by atoms with Gasteiger partial charge >= 0.3 is 0 Å². The first-order valence-corrected chi connectivity index (χ1v) is 6.88. The van der Waals surface area contributed by atoms with Gasteiger partial charge in [-0.25, -0.2) is 0 Å². The van der Waals surface area contributed by atoms with E-state index in [2.05, 4.69) is 20.8 Å². The van der Waals surface area contributed by atoms with Crippen LogP contribution in [0.3, 0.4) is 0 Å². The molecule has 2 nitrogen and oxygen atoms in total. The maximum absolute atomic E-state index is 9.69. The third-order valence-corrected chi connectivity index (χ3v) is 5.28. The van der Waals surface area contributed by atoms with Crippen molar-refractivity contribution >= 4 is 0 Å². The Balaban J connectivity index is 2.36. The van der Waals surface area contributed by atoms with Gasteiger partial charge in [-0.3, -0.25) is 0 Å². The molecular formula is C15H26O2. The van der Waals surface area contributed by atoms with Gasteiger partial charge in [0, 0.05) is 5.41 Å². The van der Waals surface area contributed by atoms with E-state index in [1.54, 1.807) is 5.57 Å². The number of aliphatic hydroxyl groups excluding tert-OH is 2. The molecule has 2 aliphatic carbocycles. The highest BCUT2D eigenvalue weighted by Crippen LogP contribution is 2.53. The molecule has 0 aromatic heterocycles. The average molecular weight is 238 g/mol. The summed E-state index contributed by atoms with van der Waals surface area (Å²) in [5.41, 5.74) is 3.13. The van der Waals surface area contributed by atoms with Crippen LogP contribution in [0.15, 0.2) is 11.1 Å². The summed E-state index contributed by atoms with van der Waals surface area (Å²) in [4.78, 5) is 0. The minimum absolute atomic E-state index is 0.109. The lowest BCUT2D eigenvalue weighted by Gasteiger charge is -2.48. The molecule has 0 aliphatic heterocycles. The molecule has 0 bridgehead atoms. The van der Waals surface area contributed by atoms with E-state index in [0.717, 1.165) is 12.8 Å². The first kappa shape index (κ1) is 13.1. The van der Waals surface area contributed by atoms with Gasteiger partial charge in [0.05, 0.1) is 13.2 Å². The maximum atomic E-state index is 9.69. The average Bonchev–Trinajstić information content (AvgIpc) is 2.28. The van der Waals surface area contributed by atoms with Crippen LogP contribution in [-0.2, 0) is 0 Å². The van der Waals surface area contributed by atoms with Gasteiger partial charge < -0.3 is 10.2 Å². The Morgan fingerprint density at radius 2 is 1.88 bits per heavy atom. The molecule has 0 aromatic carbocycles. The van der Waals surface area contributed by atoms with Crippen LogP contribution in [0.1, 0.15) is 52.9 Å². The van der Waals surface area contributed by atoms with Gasteiger partial charge in [0.2, 0.25) is 0 Å². The molecule has 2 rings (SSSR count). The molecule has 0 saturated heterocycles. The van der Waals surface area contributed by atoms with Crippen molar-refractivity contribution in [2.45, 2.75) is 52.9 Å². The number of aliphatic hydroxyl groups is 2. The van der Waals surface area contributed by atoms with Crippen LogP contribution in [-0.4, -0.2) is 23.4 Å². The van der Waals surface area contributed by atoms with Gasteiger partial charge in [0.15, 0.2) is 0 Å². The molecule has 0 heterocycles. The van der Waals surface area contributed by atoms with Crippen LogP contribution in [0.2, 0.25) is 0 Å². The molecule has 17 heavy (non-hydrogen) atoms. The van der Waals surface area contributed by atoms with Crippen molar-refractivity contribution in [2.24, 2.45) is 16.7 Å². The molecule has 0 radical (unpaired) electrons. The summed E-state index contributed by atoms with van der Waals surface area (Å²) in [5, 5.41) is 19.4. The first-order valence-electron chi connectivity index (χ1n) is 6.88. The van der Waals surface area contributed by atoms with E-state index < -0.39 is 0 Å². The fraction of sp³-hybridized carbons (Fsp3) is 0.867. The number of hydrogen-bond acceptors (Lipinski definition) is 2. The topological polar surface area (TPSA) is 40.5 Å². The van der Waals surface area contributed by atoms with Gasteiger partial charge in [0.25, 0.3) is 0 Å². The van der Waals surface area contributed by atoms with Crippen LogP contribution < -0.4 is 0 Å². The number of hydrogen-bond donors (Lipinski definition) is 2. The minimum Gasteiger partial charge on any atom is -0.396 e. The molecule has 2 heteroatoms. The van der Waals surface area contributed by atoms with Crippen molar-refractivity contribution in [2.75, 3.05) is 13.2 Å². The highest BCUT2D eigenvalue weighted by molar-refractivity contribution is 5.29. The third-order valence-electron chi connectivity index (χ3n) is 5.28. The van der Waals surface area contributed by atoms with E-state index in [9.17, 15) is 10.2 Å². The summed E-state index contributed by atoms with van der Waals surface area (Å²) in [6.07, 6.45) is 5.73. The Morgan fingerprint density at radius 3 is 2.47 bits per heavy atom. The lowest BCUT2D eigenvalue weighted by molar-refractivity contribution is -0.00260. The van der Waals surface area contributed by atoms with Crippen LogP contribution in [0.25, 0.3) is 0 Å².